The van der Waals surface area contributed by atoms with Crippen LogP contribution in [0.4, 0.5) is 0 Å². The van der Waals surface area contributed by atoms with Crippen molar-refractivity contribution >= 4 is 5.96 Å². The Hall–Kier alpha value is -1.71. The summed E-state index contributed by atoms with van der Waals surface area (Å²) in [6.07, 6.45) is 2.25. The van der Waals surface area contributed by atoms with Gasteiger partial charge in [-0.25, -0.2) is 4.99 Å². The van der Waals surface area contributed by atoms with Gasteiger partial charge in [-0.15, -0.1) is 0 Å². The maximum Gasteiger partial charge on any atom is 0.188 e. The summed E-state index contributed by atoms with van der Waals surface area (Å²) in [5.74, 6) is 1.37. The van der Waals surface area contributed by atoms with Crippen LogP contribution in [0.15, 0.2) is 29.3 Å². The van der Waals surface area contributed by atoms with Crippen LogP contribution >= 0.6 is 0 Å². The van der Waals surface area contributed by atoms with Crippen molar-refractivity contribution in [3.8, 4) is 5.75 Å². The molecule has 0 radical (unpaired) electrons. The monoisotopic (exact) mass is 249 g/mol. The van der Waals surface area contributed by atoms with Gasteiger partial charge in [0, 0.05) is 12.1 Å². The number of benzene rings is 1. The highest BCUT2D eigenvalue weighted by Crippen LogP contribution is 2.18. The first-order valence-electron chi connectivity index (χ1n) is 6.52. The minimum absolute atomic E-state index is 0.495. The number of hydrogen-bond acceptors (Lipinski definition) is 2. The van der Waals surface area contributed by atoms with Crippen molar-refractivity contribution in [3.05, 3.63) is 29.8 Å². The normalized spacial score (nSPS) is 11.3. The van der Waals surface area contributed by atoms with Gasteiger partial charge in [0.15, 0.2) is 5.96 Å². The molecule has 0 aromatic heterocycles. The molecule has 0 aliphatic heterocycles. The van der Waals surface area contributed by atoms with E-state index < -0.39 is 0 Å². The Labute approximate surface area is 109 Å². The van der Waals surface area contributed by atoms with Crippen molar-refractivity contribution in [1.29, 1.82) is 0 Å². The lowest BCUT2D eigenvalue weighted by Crippen LogP contribution is -2.32. The SMILES string of the molecule is CCCCNC(N)=NCc1ccccc1OCC. The maximum absolute atomic E-state index is 5.78. The van der Waals surface area contributed by atoms with E-state index in [0.717, 1.165) is 30.7 Å². The molecule has 0 spiro atoms. The third kappa shape index (κ3) is 5.08. The van der Waals surface area contributed by atoms with Gasteiger partial charge in [-0.2, -0.15) is 0 Å². The highest BCUT2D eigenvalue weighted by atomic mass is 16.5. The van der Waals surface area contributed by atoms with Crippen LogP contribution in [0.3, 0.4) is 0 Å². The van der Waals surface area contributed by atoms with E-state index in [2.05, 4.69) is 17.2 Å². The molecule has 0 saturated carbocycles. The Bertz CT molecular complexity index is 377. The zero-order valence-corrected chi connectivity index (χ0v) is 11.3. The van der Waals surface area contributed by atoms with E-state index in [4.69, 9.17) is 10.5 Å². The predicted octanol–water partition coefficient (Wildman–Crippen LogP) is 2.29. The summed E-state index contributed by atoms with van der Waals surface area (Å²) in [4.78, 5) is 4.31. The second-order valence-corrected chi connectivity index (χ2v) is 4.02. The molecule has 0 heterocycles. The fourth-order valence-corrected chi connectivity index (χ4v) is 1.55. The number of hydrogen-bond donors (Lipinski definition) is 2. The summed E-state index contributed by atoms with van der Waals surface area (Å²) in [6.45, 7) is 6.19. The first kappa shape index (κ1) is 14.4. The number of rotatable bonds is 7. The van der Waals surface area contributed by atoms with E-state index in [1.807, 2.05) is 31.2 Å². The summed E-state index contributed by atoms with van der Waals surface area (Å²) in [5.41, 5.74) is 6.84. The Kier molecular flexibility index (Phi) is 6.69. The average molecular weight is 249 g/mol. The van der Waals surface area contributed by atoms with E-state index in [-0.39, 0.29) is 0 Å². The second-order valence-electron chi connectivity index (χ2n) is 4.02. The number of unbranched alkanes of at least 4 members (excludes halogenated alkanes) is 1. The molecular weight excluding hydrogens is 226 g/mol. The molecule has 0 bridgehead atoms. The number of nitrogens with one attached hydrogen (secondary N) is 1. The van der Waals surface area contributed by atoms with Crippen molar-refractivity contribution in [3.63, 3.8) is 0 Å². The average Bonchev–Trinajstić information content (AvgIpc) is 2.38. The lowest BCUT2D eigenvalue weighted by Gasteiger charge is -2.09. The van der Waals surface area contributed by atoms with Gasteiger partial charge in [0.25, 0.3) is 0 Å². The van der Waals surface area contributed by atoms with Crippen molar-refractivity contribution in [2.45, 2.75) is 33.2 Å². The molecule has 0 aliphatic carbocycles. The largest absolute Gasteiger partial charge is 0.494 e. The quantitative estimate of drug-likeness (QED) is 0.443. The second kappa shape index (κ2) is 8.39. The highest BCUT2D eigenvalue weighted by molar-refractivity contribution is 5.77. The van der Waals surface area contributed by atoms with Crippen LogP contribution in [0.25, 0.3) is 0 Å². The van der Waals surface area contributed by atoms with E-state index in [9.17, 15) is 0 Å². The summed E-state index contributed by atoms with van der Waals surface area (Å²) in [5, 5.41) is 3.09. The van der Waals surface area contributed by atoms with Crippen LogP contribution in [0.5, 0.6) is 5.75 Å². The number of aliphatic imine (C=N–C) groups is 1. The smallest absolute Gasteiger partial charge is 0.188 e. The molecule has 0 saturated heterocycles. The van der Waals surface area contributed by atoms with Gasteiger partial charge in [0.2, 0.25) is 0 Å². The summed E-state index contributed by atoms with van der Waals surface area (Å²) in [7, 11) is 0. The Morgan fingerprint density at radius 3 is 2.83 bits per heavy atom. The minimum atomic E-state index is 0.495. The van der Waals surface area contributed by atoms with Crippen LogP contribution in [-0.4, -0.2) is 19.1 Å². The summed E-state index contributed by atoms with van der Waals surface area (Å²) in [6, 6.07) is 7.90. The fourth-order valence-electron chi connectivity index (χ4n) is 1.55. The first-order chi connectivity index (χ1) is 8.77. The number of para-hydroxylation sites is 1. The van der Waals surface area contributed by atoms with Crippen LogP contribution in [-0.2, 0) is 6.54 Å². The summed E-state index contributed by atoms with van der Waals surface area (Å²) >= 11 is 0. The van der Waals surface area contributed by atoms with E-state index in [1.54, 1.807) is 0 Å². The van der Waals surface area contributed by atoms with Crippen LogP contribution in [0.1, 0.15) is 32.3 Å². The molecule has 0 aliphatic rings. The first-order valence-corrected chi connectivity index (χ1v) is 6.52. The topological polar surface area (TPSA) is 59.6 Å². The number of ether oxygens (including phenoxy) is 1. The van der Waals surface area contributed by atoms with Crippen LogP contribution in [0.2, 0.25) is 0 Å². The lowest BCUT2D eigenvalue weighted by molar-refractivity contribution is 0.336. The molecule has 18 heavy (non-hydrogen) atoms. The van der Waals surface area contributed by atoms with Crippen molar-refractivity contribution in [2.24, 2.45) is 10.7 Å². The predicted molar refractivity (Wildman–Crippen MR) is 75.8 cm³/mol. The maximum atomic E-state index is 5.78. The zero-order valence-electron chi connectivity index (χ0n) is 11.3. The van der Waals surface area contributed by atoms with Gasteiger partial charge >= 0.3 is 0 Å². The van der Waals surface area contributed by atoms with Crippen molar-refractivity contribution < 1.29 is 4.74 Å². The molecule has 1 aromatic rings. The van der Waals surface area contributed by atoms with Gasteiger partial charge < -0.3 is 15.8 Å². The van der Waals surface area contributed by atoms with Crippen molar-refractivity contribution in [2.75, 3.05) is 13.2 Å². The third-order valence-electron chi connectivity index (χ3n) is 2.53. The van der Waals surface area contributed by atoms with Crippen LogP contribution in [0, 0.1) is 0 Å². The van der Waals surface area contributed by atoms with Gasteiger partial charge in [-0.1, -0.05) is 31.5 Å². The van der Waals surface area contributed by atoms with E-state index in [1.165, 1.54) is 0 Å². The Morgan fingerprint density at radius 2 is 2.11 bits per heavy atom. The van der Waals surface area contributed by atoms with Gasteiger partial charge in [-0.05, 0) is 19.4 Å². The Balaban J connectivity index is 2.53. The lowest BCUT2D eigenvalue weighted by atomic mass is 10.2. The molecule has 0 amide bonds. The Morgan fingerprint density at radius 1 is 1.33 bits per heavy atom. The van der Waals surface area contributed by atoms with E-state index >= 15 is 0 Å². The van der Waals surface area contributed by atoms with Crippen LogP contribution < -0.4 is 15.8 Å². The fraction of sp³-hybridized carbons (Fsp3) is 0.500. The molecule has 1 rings (SSSR count). The summed E-state index contributed by atoms with van der Waals surface area (Å²) < 4.78 is 5.54. The molecule has 1 aromatic carbocycles. The van der Waals surface area contributed by atoms with Gasteiger partial charge in [-0.3, -0.25) is 0 Å². The van der Waals surface area contributed by atoms with E-state index in [0.29, 0.717) is 19.1 Å². The molecule has 0 unspecified atom stereocenters. The molecule has 4 nitrogen and oxygen atoms in total. The number of nitrogens with two attached hydrogens (primary N) is 1. The molecule has 100 valence electrons. The molecule has 3 N–H and O–H groups in total. The molecule has 4 heteroatoms. The zero-order chi connectivity index (χ0) is 13.2. The standard InChI is InChI=1S/C14H23N3O/c1-3-5-10-16-14(15)17-11-12-8-6-7-9-13(12)18-4-2/h6-9H,3-5,10-11H2,1-2H3,(H3,15,16,17). The molecular formula is C14H23N3O. The molecule has 0 fully saturated rings. The third-order valence-corrected chi connectivity index (χ3v) is 2.53. The van der Waals surface area contributed by atoms with Crippen molar-refractivity contribution in [1.82, 2.24) is 5.32 Å². The number of guanidine groups is 1. The van der Waals surface area contributed by atoms with Gasteiger partial charge in [0.1, 0.15) is 5.75 Å². The highest BCUT2D eigenvalue weighted by Gasteiger charge is 2.01. The van der Waals surface area contributed by atoms with Gasteiger partial charge in [0.05, 0.1) is 13.2 Å². The molecule has 0 atom stereocenters. The number of nitrogens with zero attached hydrogens (tertiary/aromatic N) is 1. The minimum Gasteiger partial charge on any atom is -0.494 e.